The molecule has 0 unspecified atom stereocenters. The lowest BCUT2D eigenvalue weighted by Gasteiger charge is -2.01. The standard InChI is InChI=1S/C9H11NO.CH5N.H2/c1-7(2)9(11)8-3-5-10-6-4-8;1-2;/h3-7H,1-2H3;2H2,1H3;1H. The summed E-state index contributed by atoms with van der Waals surface area (Å²) in [6.45, 7) is 3.78. The molecular formula is C10H18N2O. The number of hydrogen-bond donors (Lipinski definition) is 1. The summed E-state index contributed by atoms with van der Waals surface area (Å²) in [5.74, 6) is 0.241. The second-order valence-corrected chi connectivity index (χ2v) is 2.75. The molecule has 0 aliphatic carbocycles. The van der Waals surface area contributed by atoms with Gasteiger partial charge in [0, 0.05) is 25.3 Å². The molecule has 3 nitrogen and oxygen atoms in total. The first kappa shape index (κ1) is 11.8. The largest absolute Gasteiger partial charge is 0.333 e. The van der Waals surface area contributed by atoms with Gasteiger partial charge in [-0.2, -0.15) is 0 Å². The summed E-state index contributed by atoms with van der Waals surface area (Å²) in [6, 6.07) is 3.48. The number of rotatable bonds is 2. The van der Waals surface area contributed by atoms with Crippen molar-refractivity contribution in [1.82, 2.24) is 4.98 Å². The highest BCUT2D eigenvalue weighted by atomic mass is 16.1. The van der Waals surface area contributed by atoms with Crippen molar-refractivity contribution in [1.29, 1.82) is 0 Å². The van der Waals surface area contributed by atoms with Crippen LogP contribution in [-0.2, 0) is 0 Å². The normalized spacial score (nSPS) is 9.00. The molecule has 74 valence electrons. The molecule has 0 saturated carbocycles. The monoisotopic (exact) mass is 182 g/mol. The Morgan fingerprint density at radius 2 is 1.85 bits per heavy atom. The predicted octanol–water partition coefficient (Wildman–Crippen LogP) is 1.74. The Morgan fingerprint density at radius 1 is 1.38 bits per heavy atom. The third-order valence-corrected chi connectivity index (χ3v) is 1.49. The van der Waals surface area contributed by atoms with Gasteiger partial charge in [-0.1, -0.05) is 13.8 Å². The highest BCUT2D eigenvalue weighted by molar-refractivity contribution is 5.97. The van der Waals surface area contributed by atoms with Crippen molar-refractivity contribution in [2.75, 3.05) is 7.05 Å². The lowest BCUT2D eigenvalue weighted by Crippen LogP contribution is -2.06. The highest BCUT2D eigenvalue weighted by Gasteiger charge is 2.08. The second-order valence-electron chi connectivity index (χ2n) is 2.75. The number of nitrogens with zero attached hydrogens (tertiary/aromatic N) is 1. The van der Waals surface area contributed by atoms with Gasteiger partial charge < -0.3 is 5.73 Å². The number of hydrogen-bond acceptors (Lipinski definition) is 3. The summed E-state index contributed by atoms with van der Waals surface area (Å²) in [5.41, 5.74) is 5.25. The first-order chi connectivity index (χ1) is 6.22. The summed E-state index contributed by atoms with van der Waals surface area (Å²) in [5, 5.41) is 0. The maximum absolute atomic E-state index is 11.3. The van der Waals surface area contributed by atoms with Crippen LogP contribution in [0.2, 0.25) is 0 Å². The fourth-order valence-electron chi connectivity index (χ4n) is 0.850. The van der Waals surface area contributed by atoms with Crippen LogP contribution in [0, 0.1) is 5.92 Å². The maximum Gasteiger partial charge on any atom is 0.165 e. The van der Waals surface area contributed by atoms with Gasteiger partial charge in [-0.05, 0) is 19.2 Å². The zero-order valence-electron chi connectivity index (χ0n) is 8.32. The van der Waals surface area contributed by atoms with Crippen molar-refractivity contribution in [3.63, 3.8) is 0 Å². The van der Waals surface area contributed by atoms with Gasteiger partial charge in [0.15, 0.2) is 5.78 Å². The van der Waals surface area contributed by atoms with E-state index in [4.69, 9.17) is 0 Å². The van der Waals surface area contributed by atoms with Crippen molar-refractivity contribution in [2.45, 2.75) is 13.8 Å². The Balaban J connectivity index is 0. The zero-order chi connectivity index (χ0) is 10.3. The average molecular weight is 182 g/mol. The van der Waals surface area contributed by atoms with Gasteiger partial charge in [0.2, 0.25) is 0 Å². The molecule has 0 bridgehead atoms. The molecule has 0 aliphatic rings. The molecule has 1 rings (SSSR count). The number of aromatic nitrogens is 1. The van der Waals surface area contributed by atoms with Crippen LogP contribution in [0.1, 0.15) is 25.6 Å². The van der Waals surface area contributed by atoms with Crippen molar-refractivity contribution in [2.24, 2.45) is 11.7 Å². The van der Waals surface area contributed by atoms with E-state index in [0.29, 0.717) is 0 Å². The molecule has 1 aromatic rings. The predicted molar refractivity (Wildman–Crippen MR) is 55.6 cm³/mol. The molecule has 1 aromatic heterocycles. The Morgan fingerprint density at radius 3 is 2.23 bits per heavy atom. The van der Waals surface area contributed by atoms with Gasteiger partial charge in [0.05, 0.1) is 0 Å². The summed E-state index contributed by atoms with van der Waals surface area (Å²) < 4.78 is 0. The summed E-state index contributed by atoms with van der Waals surface area (Å²) >= 11 is 0. The van der Waals surface area contributed by atoms with Crippen LogP contribution in [0.25, 0.3) is 0 Å². The topological polar surface area (TPSA) is 56.0 Å². The summed E-state index contributed by atoms with van der Waals surface area (Å²) in [4.78, 5) is 15.2. The van der Waals surface area contributed by atoms with E-state index in [-0.39, 0.29) is 13.1 Å². The van der Waals surface area contributed by atoms with E-state index in [1.807, 2.05) is 13.8 Å². The van der Waals surface area contributed by atoms with Crippen LogP contribution in [0.3, 0.4) is 0 Å². The van der Waals surface area contributed by atoms with Gasteiger partial charge in [-0.3, -0.25) is 9.78 Å². The van der Waals surface area contributed by atoms with Gasteiger partial charge in [0.1, 0.15) is 0 Å². The number of nitrogens with two attached hydrogens (primary N) is 1. The van der Waals surface area contributed by atoms with Crippen molar-refractivity contribution in [3.05, 3.63) is 30.1 Å². The van der Waals surface area contributed by atoms with Gasteiger partial charge in [-0.25, -0.2) is 0 Å². The van der Waals surface area contributed by atoms with Gasteiger partial charge >= 0.3 is 0 Å². The van der Waals surface area contributed by atoms with E-state index >= 15 is 0 Å². The number of ketones is 1. The Hall–Kier alpha value is -1.22. The lowest BCUT2D eigenvalue weighted by molar-refractivity contribution is 0.0939. The fourth-order valence-corrected chi connectivity index (χ4v) is 0.850. The molecule has 1 heterocycles. The molecule has 0 aliphatic heterocycles. The average Bonchev–Trinajstić information content (AvgIpc) is 2.21. The Labute approximate surface area is 80.5 Å². The fraction of sp³-hybridized carbons (Fsp3) is 0.400. The lowest BCUT2D eigenvalue weighted by atomic mass is 10.0. The van der Waals surface area contributed by atoms with Crippen molar-refractivity contribution >= 4 is 5.78 Å². The van der Waals surface area contributed by atoms with Crippen LogP contribution in [0.4, 0.5) is 0 Å². The molecule has 0 atom stereocenters. The van der Waals surface area contributed by atoms with E-state index in [1.165, 1.54) is 7.05 Å². The minimum absolute atomic E-state index is 0. The van der Waals surface area contributed by atoms with Crippen LogP contribution >= 0.6 is 0 Å². The molecule has 0 radical (unpaired) electrons. The first-order valence-electron chi connectivity index (χ1n) is 4.24. The summed E-state index contributed by atoms with van der Waals surface area (Å²) in [6.07, 6.45) is 3.27. The van der Waals surface area contributed by atoms with E-state index in [1.54, 1.807) is 24.5 Å². The SMILES string of the molecule is CC(C)C(=O)c1ccncc1.CN.[HH]. The quantitative estimate of drug-likeness (QED) is 0.709. The van der Waals surface area contributed by atoms with Crippen LogP contribution in [-0.4, -0.2) is 17.8 Å². The molecule has 13 heavy (non-hydrogen) atoms. The third-order valence-electron chi connectivity index (χ3n) is 1.49. The molecule has 3 heteroatoms. The molecule has 0 amide bonds. The van der Waals surface area contributed by atoms with E-state index < -0.39 is 0 Å². The smallest absolute Gasteiger partial charge is 0.165 e. The minimum Gasteiger partial charge on any atom is -0.333 e. The molecule has 0 saturated heterocycles. The zero-order valence-corrected chi connectivity index (χ0v) is 8.32. The van der Waals surface area contributed by atoms with Crippen molar-refractivity contribution in [3.8, 4) is 0 Å². The van der Waals surface area contributed by atoms with Crippen molar-refractivity contribution < 1.29 is 6.22 Å². The van der Waals surface area contributed by atoms with Crippen LogP contribution < -0.4 is 5.73 Å². The van der Waals surface area contributed by atoms with E-state index in [2.05, 4.69) is 10.7 Å². The van der Waals surface area contributed by atoms with Crippen LogP contribution in [0.5, 0.6) is 0 Å². The number of carbonyl (C=O) groups is 1. The van der Waals surface area contributed by atoms with E-state index in [0.717, 1.165) is 5.56 Å². The van der Waals surface area contributed by atoms with Gasteiger partial charge in [-0.15, -0.1) is 0 Å². The molecule has 0 aromatic carbocycles. The highest BCUT2D eigenvalue weighted by Crippen LogP contribution is 2.05. The third kappa shape index (κ3) is 3.80. The summed E-state index contributed by atoms with van der Waals surface area (Å²) in [7, 11) is 1.50. The Kier molecular flexibility index (Phi) is 5.72. The van der Waals surface area contributed by atoms with Gasteiger partial charge in [0.25, 0.3) is 0 Å². The molecular weight excluding hydrogens is 164 g/mol. The number of carbonyl (C=O) groups excluding carboxylic acids is 1. The second kappa shape index (κ2) is 6.31. The first-order valence-corrected chi connectivity index (χ1v) is 4.24. The van der Waals surface area contributed by atoms with Crippen LogP contribution in [0.15, 0.2) is 24.5 Å². The molecule has 0 spiro atoms. The molecule has 0 fully saturated rings. The molecule has 2 N–H and O–H groups in total. The Bertz CT molecular complexity index is 250. The number of pyridine rings is 1. The van der Waals surface area contributed by atoms with E-state index in [9.17, 15) is 4.79 Å². The number of Topliss-reactive ketones (excluding diaryl/α,β-unsaturated/α-hetero) is 1. The minimum atomic E-state index is 0. The maximum atomic E-state index is 11.3.